The van der Waals surface area contributed by atoms with Gasteiger partial charge in [0.15, 0.2) is 5.78 Å². The monoisotopic (exact) mass is 1210 g/mol. The summed E-state index contributed by atoms with van der Waals surface area (Å²) in [5.74, 6) is -2.75. The van der Waals surface area contributed by atoms with E-state index in [1.54, 1.807) is 6.92 Å². The Balaban J connectivity index is 0.955. The third-order valence-electron chi connectivity index (χ3n) is 27.0. The zero-order valence-corrected chi connectivity index (χ0v) is 52.5. The Labute approximate surface area is 517 Å². The Bertz CT molecular complexity index is 2650. The fourth-order valence-corrected chi connectivity index (χ4v) is 22.9. The average molecular weight is 1210 g/mol. The highest BCUT2D eigenvalue weighted by Gasteiger charge is 2.80. The number of Topliss-reactive ketones (excluding diaryl/α,β-unsaturated/α-hetero) is 1. The lowest BCUT2D eigenvalue weighted by Gasteiger charge is -2.69. The minimum absolute atomic E-state index is 0.00790. The molecule has 3 heterocycles. The van der Waals surface area contributed by atoms with Crippen LogP contribution in [0, 0.1) is 75.9 Å². The molecule has 0 aromatic heterocycles. The minimum Gasteiger partial charge on any atom is -0.396 e. The van der Waals surface area contributed by atoms with Crippen LogP contribution in [0.4, 0.5) is 0 Å². The maximum absolute atomic E-state index is 16.5. The second kappa shape index (κ2) is 24.6. The molecule has 0 bridgehead atoms. The number of ether oxygens (including phenoxy) is 2. The minimum atomic E-state index is -1.97. The first-order valence-corrected chi connectivity index (χ1v) is 35.4. The van der Waals surface area contributed by atoms with Gasteiger partial charge in [0, 0.05) is 66.5 Å². The summed E-state index contributed by atoms with van der Waals surface area (Å²) < 4.78 is 13.9. The van der Waals surface area contributed by atoms with Crippen molar-refractivity contribution in [2.24, 2.45) is 81.7 Å². The number of carbonyl (C=O) groups excluding carboxylic acids is 1. The van der Waals surface area contributed by atoms with Crippen molar-refractivity contribution in [1.82, 2.24) is 16.0 Å². The molecule has 3 aliphatic heterocycles. The first-order chi connectivity index (χ1) is 41.8. The highest BCUT2D eigenvalue weighted by molar-refractivity contribution is 6.00. The number of hydrogen-bond acceptors (Lipinski definition) is 16. The number of aliphatic hydroxyl groups excluding tert-OH is 5. The molecule has 0 aromatic rings. The quantitative estimate of drug-likeness (QED) is 0.0661. The van der Waals surface area contributed by atoms with Gasteiger partial charge < -0.3 is 77.1 Å². The summed E-state index contributed by atoms with van der Waals surface area (Å²) in [5, 5.41) is 128. The molecule has 0 amide bonds. The van der Waals surface area contributed by atoms with E-state index in [0.29, 0.717) is 74.5 Å². The lowest BCUT2D eigenvalue weighted by molar-refractivity contribution is -0.276. The number of dihydropyridines is 1. The molecular formula is C71H110N4O12. The number of nitrogens with two attached hydrogens (primary N) is 1. The molecule has 87 heavy (non-hydrogen) atoms. The van der Waals surface area contributed by atoms with E-state index >= 15 is 9.90 Å². The average Bonchev–Trinajstić information content (AvgIpc) is 1.62. The van der Waals surface area contributed by atoms with Crippen LogP contribution in [0.2, 0.25) is 0 Å². The number of aliphatic hydroxyl groups is 9. The first-order valence-electron chi connectivity index (χ1n) is 35.4. The molecule has 14 N–H and O–H groups in total. The van der Waals surface area contributed by atoms with Crippen molar-refractivity contribution in [2.45, 2.75) is 277 Å². The van der Waals surface area contributed by atoms with Crippen LogP contribution in [0.1, 0.15) is 200 Å². The molecule has 16 nitrogen and oxygen atoms in total. The van der Waals surface area contributed by atoms with E-state index < -0.39 is 99.5 Å². The van der Waals surface area contributed by atoms with E-state index in [4.69, 9.17) is 15.2 Å². The maximum atomic E-state index is 16.5. The van der Waals surface area contributed by atoms with Crippen LogP contribution in [0.5, 0.6) is 0 Å². The van der Waals surface area contributed by atoms with Crippen molar-refractivity contribution in [2.75, 3.05) is 19.8 Å². The van der Waals surface area contributed by atoms with Crippen LogP contribution < -0.4 is 21.7 Å². The molecule has 0 radical (unpaired) electrons. The SMILES string of the molecule is CCCC1CCC2OC3C(C(O)CCCC3(O)C(C)(O)C3CCC4(O)C5=C(NCC(O)C6CCCCC6)C(=O)C6CC(O)C(O)CC67CC(C6=C(CCCO)NC(N)C=C6)C=CC(O)(CC34C3CCC(CCOC4CC6C=CNC6C4)CC3)C57)C2CC1. The third kappa shape index (κ3) is 10.7. The van der Waals surface area contributed by atoms with E-state index in [1.165, 1.54) is 0 Å². The van der Waals surface area contributed by atoms with Gasteiger partial charge in [-0.15, -0.1) is 0 Å². The van der Waals surface area contributed by atoms with Crippen LogP contribution in [0.15, 0.2) is 59.1 Å². The van der Waals surface area contributed by atoms with Gasteiger partial charge in [-0.1, -0.05) is 82.6 Å². The van der Waals surface area contributed by atoms with Crippen LogP contribution in [0.3, 0.4) is 0 Å². The number of rotatable bonds is 17. The van der Waals surface area contributed by atoms with Crippen molar-refractivity contribution >= 4 is 5.78 Å². The van der Waals surface area contributed by atoms with Crippen LogP contribution in [-0.4, -0.2) is 149 Å². The summed E-state index contributed by atoms with van der Waals surface area (Å²) in [6.07, 6.45) is 26.3. The largest absolute Gasteiger partial charge is 0.396 e. The van der Waals surface area contributed by atoms with Gasteiger partial charge in [0.25, 0.3) is 0 Å². The van der Waals surface area contributed by atoms with Gasteiger partial charge in [-0.2, -0.15) is 0 Å². The number of fused-ring (bicyclic) bond motifs is 6. The van der Waals surface area contributed by atoms with E-state index in [2.05, 4.69) is 41.2 Å². The lowest BCUT2D eigenvalue weighted by atomic mass is 9.37. The Morgan fingerprint density at radius 2 is 1.63 bits per heavy atom. The van der Waals surface area contributed by atoms with E-state index in [-0.39, 0.29) is 99.5 Å². The molecule has 23 unspecified atom stereocenters. The number of nitrogens with one attached hydrogen (secondary N) is 3. The summed E-state index contributed by atoms with van der Waals surface area (Å²) in [6.45, 7) is 4.67. The summed E-state index contributed by atoms with van der Waals surface area (Å²) in [7, 11) is 0. The summed E-state index contributed by atoms with van der Waals surface area (Å²) in [5.41, 5.74) is -1.30. The van der Waals surface area contributed by atoms with Crippen molar-refractivity contribution in [3.8, 4) is 0 Å². The summed E-state index contributed by atoms with van der Waals surface area (Å²) in [6, 6.07) is 0.438. The molecule has 1 spiro atoms. The third-order valence-corrected chi connectivity index (χ3v) is 27.0. The number of carbonyl (C=O) groups is 1. The molecule has 13 rings (SSSR count). The van der Waals surface area contributed by atoms with Gasteiger partial charge in [-0.3, -0.25) is 4.79 Å². The van der Waals surface area contributed by atoms with Gasteiger partial charge >= 0.3 is 0 Å². The van der Waals surface area contributed by atoms with Gasteiger partial charge in [0.2, 0.25) is 0 Å². The van der Waals surface area contributed by atoms with Crippen LogP contribution in [0.25, 0.3) is 0 Å². The first kappa shape index (κ1) is 63.1. The summed E-state index contributed by atoms with van der Waals surface area (Å²) in [4.78, 5) is 16.5. The van der Waals surface area contributed by atoms with Gasteiger partial charge in [-0.05, 0) is 206 Å². The molecule has 10 aliphatic carbocycles. The molecule has 9 fully saturated rings. The molecule has 16 heteroatoms. The number of allylic oxidation sites excluding steroid dienone is 5. The smallest absolute Gasteiger partial charge is 0.182 e. The zero-order valence-electron chi connectivity index (χ0n) is 52.5. The molecule has 1 saturated heterocycles. The topological polar surface area (TPSA) is 280 Å². The Morgan fingerprint density at radius 1 is 0.862 bits per heavy atom. The lowest BCUT2D eigenvalue weighted by Crippen LogP contribution is -2.74. The Morgan fingerprint density at radius 3 is 2.40 bits per heavy atom. The van der Waals surface area contributed by atoms with Crippen molar-refractivity contribution < 1.29 is 60.2 Å². The second-order valence-electron chi connectivity index (χ2n) is 31.4. The number of hydrogen-bond donors (Lipinski definition) is 13. The van der Waals surface area contributed by atoms with Crippen molar-refractivity contribution in [1.29, 1.82) is 0 Å². The molecule has 486 valence electrons. The zero-order chi connectivity index (χ0) is 60.8. The predicted molar refractivity (Wildman–Crippen MR) is 330 cm³/mol. The molecule has 8 saturated carbocycles. The fraction of sp³-hybridized carbons (Fsp3) is 0.845. The van der Waals surface area contributed by atoms with Crippen molar-refractivity contribution in [3.05, 3.63) is 59.1 Å². The molecular weight excluding hydrogens is 1100 g/mol. The van der Waals surface area contributed by atoms with E-state index in [9.17, 15) is 40.9 Å². The highest BCUT2D eigenvalue weighted by Crippen LogP contribution is 2.77. The Hall–Kier alpha value is -2.71. The van der Waals surface area contributed by atoms with Crippen LogP contribution >= 0.6 is 0 Å². The normalized spacial score (nSPS) is 47.9. The van der Waals surface area contributed by atoms with Crippen molar-refractivity contribution in [3.63, 3.8) is 0 Å². The van der Waals surface area contributed by atoms with E-state index in [1.807, 2.05) is 18.2 Å². The molecule has 13 aliphatic rings. The van der Waals surface area contributed by atoms with Gasteiger partial charge in [0.05, 0.1) is 71.4 Å². The second-order valence-corrected chi connectivity index (χ2v) is 31.4. The molecule has 0 aromatic carbocycles. The van der Waals surface area contributed by atoms with Crippen LogP contribution in [-0.2, 0) is 14.3 Å². The fourth-order valence-electron chi connectivity index (χ4n) is 22.9. The molecule has 23 atom stereocenters. The maximum Gasteiger partial charge on any atom is 0.182 e. The summed E-state index contributed by atoms with van der Waals surface area (Å²) >= 11 is 0. The predicted octanol–water partition coefficient (Wildman–Crippen LogP) is 6.89. The van der Waals surface area contributed by atoms with Gasteiger partial charge in [-0.25, -0.2) is 0 Å². The van der Waals surface area contributed by atoms with E-state index in [0.717, 1.165) is 114 Å². The highest BCUT2D eigenvalue weighted by atomic mass is 16.5. The van der Waals surface area contributed by atoms with Gasteiger partial charge in [0.1, 0.15) is 5.60 Å². The standard InChI is InChI=1S/C71H110N4O12/c1-3-9-41-16-20-49-57(22-17-41)87-65-60(49)53(77)13-7-28-71(65,85)66(2,82)58-25-30-70(84)61-62(74-39-56(80)43-10-5-4-6-11-43)63(81)50-36-54(78)55(79)38-67(50)37-45(48-21-23-59(72)75-51(48)12-8-32-76)24-29-68(83,64(61)67)40-69(58,70)46-18-14-42(15-19-46)27-33-86-47-34-44-26-31-73-52(44)35-47/h21,23-24,26,29,31,41-47,49-50,52-60,64-65,73-80,82-85H,3-20,22,25,27-28,30,32-40,72H2,1-2H3. The Kier molecular flexibility index (Phi) is 17.9. The number of ketones is 1.